The summed E-state index contributed by atoms with van der Waals surface area (Å²) in [5.41, 5.74) is 5.14. The van der Waals surface area contributed by atoms with E-state index >= 15 is 0 Å². The van der Waals surface area contributed by atoms with Crippen molar-refractivity contribution in [3.05, 3.63) is 64.4 Å². The highest BCUT2D eigenvalue weighted by Gasteiger charge is 2.17. The van der Waals surface area contributed by atoms with Crippen molar-refractivity contribution in [1.29, 1.82) is 0 Å². The molecule has 0 radical (unpaired) electrons. The highest BCUT2D eigenvalue weighted by Crippen LogP contribution is 2.32. The van der Waals surface area contributed by atoms with Crippen molar-refractivity contribution in [1.82, 2.24) is 19.7 Å². The van der Waals surface area contributed by atoms with Crippen molar-refractivity contribution >= 4 is 56.2 Å². The summed E-state index contributed by atoms with van der Waals surface area (Å²) < 4.78 is 3.31. The molecule has 2 aromatic carbocycles. The molecule has 0 bridgehead atoms. The first-order valence-electron chi connectivity index (χ1n) is 12.3. The van der Waals surface area contributed by atoms with E-state index in [9.17, 15) is 4.79 Å². The number of thioether (sulfide) groups is 1. The molecule has 1 amide bonds. The Morgan fingerprint density at radius 2 is 1.89 bits per heavy atom. The summed E-state index contributed by atoms with van der Waals surface area (Å²) in [6.07, 6.45) is 0.965. The maximum atomic E-state index is 12.7. The van der Waals surface area contributed by atoms with Crippen LogP contribution >= 0.6 is 34.4 Å². The van der Waals surface area contributed by atoms with Crippen LogP contribution in [-0.2, 0) is 11.3 Å². The van der Waals surface area contributed by atoms with Crippen molar-refractivity contribution in [3.8, 4) is 22.0 Å². The topological polar surface area (TPSA) is 72.7 Å². The van der Waals surface area contributed by atoms with Gasteiger partial charge in [-0.05, 0) is 67.3 Å². The summed E-state index contributed by atoms with van der Waals surface area (Å²) in [6.45, 7) is 9.43. The summed E-state index contributed by atoms with van der Waals surface area (Å²) in [5, 5.41) is 15.8. The van der Waals surface area contributed by atoms with Crippen molar-refractivity contribution < 1.29 is 4.79 Å². The molecule has 0 aliphatic heterocycles. The fraction of sp³-hybridized carbons (Fsp3) is 0.286. The van der Waals surface area contributed by atoms with Crippen LogP contribution in [0.15, 0.2) is 59.1 Å². The third-order valence-corrected chi connectivity index (χ3v) is 9.17. The number of aromatic nitrogens is 4. The number of amides is 1. The van der Waals surface area contributed by atoms with Crippen LogP contribution in [0.3, 0.4) is 0 Å². The van der Waals surface area contributed by atoms with Crippen molar-refractivity contribution in [2.45, 2.75) is 51.7 Å². The quantitative estimate of drug-likeness (QED) is 0.190. The Morgan fingerprint density at radius 1 is 1.08 bits per heavy atom. The van der Waals surface area contributed by atoms with Gasteiger partial charge in [0.25, 0.3) is 0 Å². The molecule has 37 heavy (non-hydrogen) atoms. The fourth-order valence-corrected chi connectivity index (χ4v) is 6.72. The van der Waals surface area contributed by atoms with Gasteiger partial charge in [0.1, 0.15) is 5.01 Å². The van der Waals surface area contributed by atoms with Gasteiger partial charge in [-0.15, -0.1) is 32.9 Å². The van der Waals surface area contributed by atoms with Gasteiger partial charge in [0.2, 0.25) is 5.91 Å². The Labute approximate surface area is 229 Å². The number of rotatable bonds is 9. The van der Waals surface area contributed by atoms with Crippen LogP contribution in [-0.4, -0.2) is 31.4 Å². The molecule has 0 aliphatic carbocycles. The molecule has 0 saturated carbocycles. The first-order valence-corrected chi connectivity index (χ1v) is 15.0. The normalized spacial score (nSPS) is 11.5. The van der Waals surface area contributed by atoms with E-state index in [0.717, 1.165) is 51.3 Å². The number of nitrogens with zero attached hydrogens (tertiary/aromatic N) is 4. The Balaban J connectivity index is 1.23. The van der Waals surface area contributed by atoms with E-state index in [0.29, 0.717) is 5.92 Å². The number of thiophene rings is 1. The zero-order valence-electron chi connectivity index (χ0n) is 21.3. The second kappa shape index (κ2) is 11.2. The zero-order valence-corrected chi connectivity index (χ0v) is 23.8. The van der Waals surface area contributed by atoms with E-state index in [4.69, 9.17) is 4.98 Å². The lowest BCUT2D eigenvalue weighted by molar-refractivity contribution is -0.113. The van der Waals surface area contributed by atoms with E-state index in [1.54, 1.807) is 22.7 Å². The van der Waals surface area contributed by atoms with Gasteiger partial charge in [-0.1, -0.05) is 38.6 Å². The molecule has 0 saturated heterocycles. The van der Waals surface area contributed by atoms with Crippen molar-refractivity contribution in [3.63, 3.8) is 0 Å². The van der Waals surface area contributed by atoms with Crippen LogP contribution < -0.4 is 5.32 Å². The number of anilines is 1. The number of hydrogen-bond donors (Lipinski definition) is 1. The molecule has 0 unspecified atom stereocenters. The van der Waals surface area contributed by atoms with Crippen LogP contribution in [0.1, 0.15) is 43.6 Å². The average Bonchev–Trinajstić information content (AvgIpc) is 3.61. The summed E-state index contributed by atoms with van der Waals surface area (Å²) in [7, 11) is 0. The van der Waals surface area contributed by atoms with Gasteiger partial charge in [-0.25, -0.2) is 4.98 Å². The maximum absolute atomic E-state index is 12.7. The fourth-order valence-electron chi connectivity index (χ4n) is 3.99. The minimum Gasteiger partial charge on any atom is -0.325 e. The zero-order chi connectivity index (χ0) is 25.9. The Bertz CT molecular complexity index is 1530. The van der Waals surface area contributed by atoms with Gasteiger partial charge in [0, 0.05) is 33.6 Å². The second-order valence-corrected chi connectivity index (χ2v) is 12.2. The smallest absolute Gasteiger partial charge is 0.234 e. The predicted molar refractivity (Wildman–Crippen MR) is 157 cm³/mol. The number of carbonyl (C=O) groups excluding carboxylic acids is 1. The minimum absolute atomic E-state index is 0.0709. The number of carbonyl (C=O) groups is 1. The lowest BCUT2D eigenvalue weighted by Crippen LogP contribution is -2.14. The van der Waals surface area contributed by atoms with Gasteiger partial charge >= 0.3 is 0 Å². The van der Waals surface area contributed by atoms with Gasteiger partial charge in [0.05, 0.1) is 16.0 Å². The number of nitrogens with one attached hydrogen (secondary N) is 1. The van der Waals surface area contributed by atoms with Crippen LogP contribution in [0.25, 0.3) is 32.2 Å². The number of aryl methyl sites for hydroxylation is 1. The number of hydrogen-bond acceptors (Lipinski definition) is 7. The maximum Gasteiger partial charge on any atom is 0.234 e. The Hall–Kier alpha value is -3.01. The van der Waals surface area contributed by atoms with Gasteiger partial charge in [-0.2, -0.15) is 0 Å². The van der Waals surface area contributed by atoms with Gasteiger partial charge < -0.3 is 9.88 Å². The SMILES string of the molecule is CCCn1c(SCC(=O)Nc2ccc(-c3nc4ccc(C)cc4s3)cc2)nnc1-c1csc(C(C)C)c1. The van der Waals surface area contributed by atoms with E-state index < -0.39 is 0 Å². The summed E-state index contributed by atoms with van der Waals surface area (Å²) >= 11 is 4.85. The number of thiazole rings is 1. The lowest BCUT2D eigenvalue weighted by Gasteiger charge is -2.09. The molecule has 6 nitrogen and oxygen atoms in total. The molecule has 5 aromatic rings. The van der Waals surface area contributed by atoms with Crippen LogP contribution in [0, 0.1) is 6.92 Å². The minimum atomic E-state index is -0.0709. The average molecular weight is 548 g/mol. The standard InChI is InChI=1S/C28H29N5OS3/c1-5-12-33-26(20-14-23(17(2)3)35-15-20)31-32-28(33)36-16-25(34)29-21-9-7-19(8-10-21)27-30-22-11-6-18(4)13-24(22)37-27/h6-11,13-15,17H,5,12,16H2,1-4H3,(H,29,34). The van der Waals surface area contributed by atoms with Gasteiger partial charge in [-0.3, -0.25) is 4.79 Å². The molecule has 0 aliphatic rings. The van der Waals surface area contributed by atoms with Crippen LogP contribution in [0.5, 0.6) is 0 Å². The Morgan fingerprint density at radius 3 is 2.62 bits per heavy atom. The number of fused-ring (bicyclic) bond motifs is 1. The third kappa shape index (κ3) is 5.79. The first-order chi connectivity index (χ1) is 17.9. The summed E-state index contributed by atoms with van der Waals surface area (Å²) in [4.78, 5) is 18.8. The molecule has 190 valence electrons. The number of benzene rings is 2. The van der Waals surface area contributed by atoms with E-state index in [1.165, 1.54) is 26.9 Å². The largest absolute Gasteiger partial charge is 0.325 e. The Kier molecular flexibility index (Phi) is 7.73. The highest BCUT2D eigenvalue weighted by atomic mass is 32.2. The van der Waals surface area contributed by atoms with Crippen LogP contribution in [0.4, 0.5) is 5.69 Å². The molecule has 3 heterocycles. The van der Waals surface area contributed by atoms with Crippen molar-refractivity contribution in [2.75, 3.05) is 11.1 Å². The monoisotopic (exact) mass is 547 g/mol. The molecule has 3 aromatic heterocycles. The molecular formula is C28H29N5OS3. The van der Waals surface area contributed by atoms with E-state index in [2.05, 4.69) is 77.4 Å². The van der Waals surface area contributed by atoms with E-state index in [1.807, 2.05) is 24.3 Å². The molecule has 9 heteroatoms. The molecular weight excluding hydrogens is 519 g/mol. The van der Waals surface area contributed by atoms with Crippen LogP contribution in [0.2, 0.25) is 0 Å². The second-order valence-electron chi connectivity index (χ2n) is 9.25. The molecule has 1 N–H and O–H groups in total. The first kappa shape index (κ1) is 25.6. The molecule has 0 fully saturated rings. The third-order valence-electron chi connectivity index (χ3n) is 5.90. The van der Waals surface area contributed by atoms with Crippen molar-refractivity contribution in [2.24, 2.45) is 0 Å². The van der Waals surface area contributed by atoms with E-state index in [-0.39, 0.29) is 11.7 Å². The highest BCUT2D eigenvalue weighted by molar-refractivity contribution is 7.99. The lowest BCUT2D eigenvalue weighted by atomic mass is 10.1. The summed E-state index contributed by atoms with van der Waals surface area (Å²) in [5.74, 6) is 1.55. The molecule has 0 spiro atoms. The summed E-state index contributed by atoms with van der Waals surface area (Å²) in [6, 6.07) is 16.4. The predicted octanol–water partition coefficient (Wildman–Crippen LogP) is 7.86. The molecule has 5 rings (SSSR count). The molecule has 0 atom stereocenters. The van der Waals surface area contributed by atoms with Gasteiger partial charge in [0.15, 0.2) is 11.0 Å².